The van der Waals surface area contributed by atoms with Gasteiger partial charge in [-0.1, -0.05) is 45.3 Å². The summed E-state index contributed by atoms with van der Waals surface area (Å²) in [6, 6.07) is 2.09. The number of anilines is 1. The quantitative estimate of drug-likeness (QED) is 0.682. The summed E-state index contributed by atoms with van der Waals surface area (Å²) in [5.41, 5.74) is 7.82. The van der Waals surface area contributed by atoms with Gasteiger partial charge in [-0.25, -0.2) is 0 Å². The Morgan fingerprint density at radius 1 is 1.19 bits per heavy atom. The molecule has 4 N–H and O–H groups in total. The zero-order chi connectivity index (χ0) is 19.6. The number of phenolic OH excluding ortho intramolecular Hbond substituents is 2. The normalized spacial score (nSPS) is 26.6. The standard InChI is InChI=1S/C21H29N3O3/c1-11(2)13-10-12-6-7-14-20(3,4)8-5-9-21(14,15(12)17(26)16(13)25)18-23-24-19(22)27-18/h10-11,14,25-26H,5-9H2,1-4H3,(H2,22,24)/t14-,21+/m0/s1. The summed E-state index contributed by atoms with van der Waals surface area (Å²) >= 11 is 0. The number of aryl methyl sites for hydroxylation is 1. The van der Waals surface area contributed by atoms with E-state index in [-0.39, 0.29) is 34.8 Å². The average Bonchev–Trinajstić information content (AvgIpc) is 3.03. The van der Waals surface area contributed by atoms with Gasteiger partial charge in [0.15, 0.2) is 11.5 Å². The van der Waals surface area contributed by atoms with E-state index in [4.69, 9.17) is 10.2 Å². The van der Waals surface area contributed by atoms with Crippen LogP contribution >= 0.6 is 0 Å². The van der Waals surface area contributed by atoms with Crippen molar-refractivity contribution in [3.8, 4) is 11.5 Å². The highest BCUT2D eigenvalue weighted by Gasteiger charge is 2.58. The number of benzene rings is 1. The summed E-state index contributed by atoms with van der Waals surface area (Å²) in [6.07, 6.45) is 4.72. The molecule has 0 spiro atoms. The molecule has 1 fully saturated rings. The Kier molecular flexibility index (Phi) is 3.95. The predicted octanol–water partition coefficient (Wildman–Crippen LogP) is 4.25. The summed E-state index contributed by atoms with van der Waals surface area (Å²) in [5.74, 6) is 0.749. The van der Waals surface area contributed by atoms with E-state index in [2.05, 4.69) is 24.0 Å². The van der Waals surface area contributed by atoms with E-state index in [0.717, 1.165) is 48.8 Å². The Bertz CT molecular complexity index is 887. The van der Waals surface area contributed by atoms with Crippen molar-refractivity contribution in [2.75, 3.05) is 5.73 Å². The SMILES string of the molecule is CC(C)c1cc2c(c(O)c1O)[C@@]1(c3nnc(N)o3)CCCC(C)(C)[C@@H]1CC2. The van der Waals surface area contributed by atoms with E-state index >= 15 is 0 Å². The number of hydrogen-bond donors (Lipinski definition) is 3. The van der Waals surface area contributed by atoms with E-state index in [9.17, 15) is 10.2 Å². The van der Waals surface area contributed by atoms with E-state index in [0.29, 0.717) is 5.89 Å². The lowest BCUT2D eigenvalue weighted by Gasteiger charge is -2.54. The molecule has 1 aromatic heterocycles. The van der Waals surface area contributed by atoms with Crippen LogP contribution in [-0.2, 0) is 11.8 Å². The highest BCUT2D eigenvalue weighted by molar-refractivity contribution is 5.61. The van der Waals surface area contributed by atoms with Gasteiger partial charge in [-0.15, -0.1) is 5.10 Å². The first kappa shape index (κ1) is 18.1. The zero-order valence-corrected chi connectivity index (χ0v) is 16.5. The maximum absolute atomic E-state index is 11.1. The highest BCUT2D eigenvalue weighted by atomic mass is 16.4. The number of nitrogens with two attached hydrogens (primary N) is 1. The third-order valence-electron chi connectivity index (χ3n) is 6.91. The number of aromatic hydroxyl groups is 2. The van der Waals surface area contributed by atoms with E-state index in [1.165, 1.54) is 0 Å². The molecule has 6 heteroatoms. The van der Waals surface area contributed by atoms with Crippen molar-refractivity contribution in [1.82, 2.24) is 10.2 Å². The number of aromatic nitrogens is 2. The van der Waals surface area contributed by atoms with Crippen molar-refractivity contribution in [2.24, 2.45) is 11.3 Å². The van der Waals surface area contributed by atoms with Crippen LogP contribution < -0.4 is 5.73 Å². The van der Waals surface area contributed by atoms with Gasteiger partial charge in [-0.05, 0) is 48.5 Å². The fourth-order valence-electron chi connectivity index (χ4n) is 5.72. The third kappa shape index (κ3) is 2.45. The second kappa shape index (κ2) is 5.88. The maximum Gasteiger partial charge on any atom is 0.312 e. The number of phenols is 2. The molecule has 2 aliphatic rings. The van der Waals surface area contributed by atoms with Crippen LogP contribution in [0.15, 0.2) is 10.5 Å². The summed E-state index contributed by atoms with van der Waals surface area (Å²) in [7, 11) is 0. The predicted molar refractivity (Wildman–Crippen MR) is 103 cm³/mol. The molecule has 0 saturated heterocycles. The van der Waals surface area contributed by atoms with Crippen molar-refractivity contribution in [1.29, 1.82) is 0 Å². The molecule has 27 heavy (non-hydrogen) atoms. The Balaban J connectivity index is 2.04. The third-order valence-corrected chi connectivity index (χ3v) is 6.91. The largest absolute Gasteiger partial charge is 0.504 e. The molecule has 0 unspecified atom stereocenters. The van der Waals surface area contributed by atoms with Gasteiger partial charge in [0.05, 0.1) is 5.41 Å². The van der Waals surface area contributed by atoms with Gasteiger partial charge in [-0.3, -0.25) is 0 Å². The molecule has 6 nitrogen and oxygen atoms in total. The molecule has 0 bridgehead atoms. The van der Waals surface area contributed by atoms with Gasteiger partial charge in [0.25, 0.3) is 0 Å². The molecule has 2 aliphatic carbocycles. The van der Waals surface area contributed by atoms with E-state index in [1.54, 1.807) is 0 Å². The topological polar surface area (TPSA) is 105 Å². The van der Waals surface area contributed by atoms with Gasteiger partial charge >= 0.3 is 6.01 Å². The molecule has 2 aromatic rings. The van der Waals surface area contributed by atoms with Crippen LogP contribution in [0.3, 0.4) is 0 Å². The molecule has 0 radical (unpaired) electrons. The van der Waals surface area contributed by atoms with Crippen LogP contribution in [0.2, 0.25) is 0 Å². The van der Waals surface area contributed by atoms with E-state index < -0.39 is 5.41 Å². The van der Waals surface area contributed by atoms with Crippen LogP contribution in [0.1, 0.15) is 81.9 Å². The fraction of sp³-hybridized carbons (Fsp3) is 0.619. The van der Waals surface area contributed by atoms with Gasteiger partial charge in [0, 0.05) is 11.1 Å². The molecule has 2 atom stereocenters. The van der Waals surface area contributed by atoms with Crippen LogP contribution in [0.4, 0.5) is 6.01 Å². The van der Waals surface area contributed by atoms with Crippen molar-refractivity contribution in [2.45, 2.75) is 71.1 Å². The Hall–Kier alpha value is -2.24. The minimum absolute atomic E-state index is 0.0281. The summed E-state index contributed by atoms with van der Waals surface area (Å²) in [6.45, 7) is 8.58. The lowest BCUT2D eigenvalue weighted by molar-refractivity contribution is 0.0364. The number of nitrogens with zero attached hydrogens (tertiary/aromatic N) is 2. The Morgan fingerprint density at radius 3 is 2.56 bits per heavy atom. The summed E-state index contributed by atoms with van der Waals surface area (Å²) in [5, 5.41) is 30.1. The molecule has 146 valence electrons. The van der Waals surface area contributed by atoms with Crippen molar-refractivity contribution in [3.63, 3.8) is 0 Å². The zero-order valence-electron chi connectivity index (χ0n) is 16.5. The van der Waals surface area contributed by atoms with E-state index in [1.807, 2.05) is 19.9 Å². The van der Waals surface area contributed by atoms with Gasteiger partial charge in [-0.2, -0.15) is 0 Å². The van der Waals surface area contributed by atoms with Crippen LogP contribution in [0.5, 0.6) is 11.5 Å². The monoisotopic (exact) mass is 371 g/mol. The lowest BCUT2D eigenvalue weighted by atomic mass is 9.49. The molecule has 4 rings (SSSR count). The average molecular weight is 371 g/mol. The fourth-order valence-corrected chi connectivity index (χ4v) is 5.72. The Morgan fingerprint density at radius 2 is 1.93 bits per heavy atom. The van der Waals surface area contributed by atoms with Gasteiger partial charge < -0.3 is 20.4 Å². The summed E-state index contributed by atoms with van der Waals surface area (Å²) in [4.78, 5) is 0. The minimum atomic E-state index is -0.614. The second-order valence-corrected chi connectivity index (χ2v) is 9.20. The van der Waals surface area contributed by atoms with Crippen LogP contribution in [-0.4, -0.2) is 20.4 Å². The second-order valence-electron chi connectivity index (χ2n) is 9.20. The lowest BCUT2D eigenvalue weighted by Crippen LogP contribution is -2.50. The van der Waals surface area contributed by atoms with Crippen LogP contribution in [0, 0.1) is 11.3 Å². The first-order valence-electron chi connectivity index (χ1n) is 9.86. The summed E-state index contributed by atoms with van der Waals surface area (Å²) < 4.78 is 5.77. The number of nitrogen functional groups attached to an aromatic ring is 1. The van der Waals surface area contributed by atoms with Crippen molar-refractivity contribution >= 4 is 6.01 Å². The molecular weight excluding hydrogens is 342 g/mol. The first-order valence-corrected chi connectivity index (χ1v) is 9.86. The van der Waals surface area contributed by atoms with Gasteiger partial charge in [0.2, 0.25) is 5.89 Å². The number of rotatable bonds is 2. The maximum atomic E-state index is 11.1. The number of hydrogen-bond acceptors (Lipinski definition) is 6. The first-order chi connectivity index (χ1) is 12.7. The highest BCUT2D eigenvalue weighted by Crippen LogP contribution is 2.62. The van der Waals surface area contributed by atoms with Crippen LogP contribution in [0.25, 0.3) is 0 Å². The smallest absolute Gasteiger partial charge is 0.312 e. The minimum Gasteiger partial charge on any atom is -0.504 e. The molecule has 1 aromatic carbocycles. The molecular formula is C21H29N3O3. The number of fused-ring (bicyclic) bond motifs is 3. The van der Waals surface area contributed by atoms with Crippen molar-refractivity contribution in [3.05, 3.63) is 28.6 Å². The molecule has 0 amide bonds. The van der Waals surface area contributed by atoms with Gasteiger partial charge in [0.1, 0.15) is 0 Å². The van der Waals surface area contributed by atoms with Crippen molar-refractivity contribution < 1.29 is 14.6 Å². The molecule has 0 aliphatic heterocycles. The Labute approximate surface area is 159 Å². The molecule has 1 heterocycles. The molecule has 1 saturated carbocycles.